The normalized spacial score (nSPS) is 18.6. The summed E-state index contributed by atoms with van der Waals surface area (Å²) in [6, 6.07) is 1.91. The van der Waals surface area contributed by atoms with Crippen molar-refractivity contribution in [3.8, 4) is 0 Å². The van der Waals surface area contributed by atoms with Crippen LogP contribution in [-0.4, -0.2) is 32.6 Å². The van der Waals surface area contributed by atoms with Gasteiger partial charge in [0.1, 0.15) is 17.0 Å². The van der Waals surface area contributed by atoms with Crippen molar-refractivity contribution in [2.45, 2.75) is 72.8 Å². The smallest absolute Gasteiger partial charge is 0.355 e. The highest BCUT2D eigenvalue weighted by Gasteiger charge is 2.41. The number of aromatic amines is 2. The summed E-state index contributed by atoms with van der Waals surface area (Å²) in [5.74, 6) is -1.38. The van der Waals surface area contributed by atoms with Crippen LogP contribution in [0.4, 0.5) is 0 Å². The third kappa shape index (κ3) is 3.48. The zero-order chi connectivity index (χ0) is 21.0. The van der Waals surface area contributed by atoms with E-state index in [0.29, 0.717) is 11.3 Å². The first-order valence-corrected chi connectivity index (χ1v) is 9.69. The van der Waals surface area contributed by atoms with Gasteiger partial charge in [0.05, 0.1) is 0 Å². The number of H-pyrrole nitrogens is 2. The third-order valence-corrected chi connectivity index (χ3v) is 5.67. The van der Waals surface area contributed by atoms with Gasteiger partial charge in [0.25, 0.3) is 0 Å². The fourth-order valence-electron chi connectivity index (χ4n) is 4.28. The number of carboxylic acids is 1. The van der Waals surface area contributed by atoms with Gasteiger partial charge >= 0.3 is 11.9 Å². The Morgan fingerprint density at radius 2 is 1.82 bits per heavy atom. The van der Waals surface area contributed by atoms with Gasteiger partial charge in [-0.1, -0.05) is 13.8 Å². The van der Waals surface area contributed by atoms with Crippen LogP contribution in [0.15, 0.2) is 6.07 Å². The molecule has 2 aromatic heterocycles. The monoisotopic (exact) mass is 386 g/mol. The van der Waals surface area contributed by atoms with Gasteiger partial charge in [-0.2, -0.15) is 0 Å². The highest BCUT2D eigenvalue weighted by molar-refractivity contribution is 5.90. The summed E-state index contributed by atoms with van der Waals surface area (Å²) in [4.78, 5) is 30.7. The molecule has 1 aliphatic rings. The molecule has 2 heterocycles. The number of ether oxygens (including phenoxy) is 1. The van der Waals surface area contributed by atoms with Crippen LogP contribution in [0.1, 0.15) is 96.0 Å². The molecule has 28 heavy (non-hydrogen) atoms. The van der Waals surface area contributed by atoms with Gasteiger partial charge in [-0.05, 0) is 75.6 Å². The van der Waals surface area contributed by atoms with Crippen LogP contribution in [0.5, 0.6) is 0 Å². The molecular weight excluding hydrogens is 356 g/mol. The van der Waals surface area contributed by atoms with Crippen molar-refractivity contribution in [1.29, 1.82) is 0 Å². The van der Waals surface area contributed by atoms with Crippen LogP contribution in [0, 0.1) is 19.3 Å². The molecule has 6 heteroatoms. The molecule has 0 bridgehead atoms. The minimum absolute atomic E-state index is 0.0575. The Morgan fingerprint density at radius 3 is 2.36 bits per heavy atom. The van der Waals surface area contributed by atoms with Crippen molar-refractivity contribution in [1.82, 2.24) is 9.97 Å². The van der Waals surface area contributed by atoms with Crippen LogP contribution < -0.4 is 0 Å². The maximum absolute atomic E-state index is 12.7. The molecule has 6 nitrogen and oxygen atoms in total. The van der Waals surface area contributed by atoms with Gasteiger partial charge in [-0.15, -0.1) is 0 Å². The van der Waals surface area contributed by atoms with Gasteiger partial charge in [-0.25, -0.2) is 9.59 Å². The number of fused-ring (bicyclic) bond motifs is 1. The van der Waals surface area contributed by atoms with E-state index in [2.05, 4.69) is 23.8 Å². The maximum Gasteiger partial charge on any atom is 0.355 e. The first-order chi connectivity index (χ1) is 12.8. The number of carbonyl (C=O) groups is 2. The van der Waals surface area contributed by atoms with E-state index in [1.165, 1.54) is 0 Å². The molecule has 0 fully saturated rings. The minimum Gasteiger partial charge on any atom is -0.477 e. The predicted octanol–water partition coefficient (Wildman–Crippen LogP) is 4.72. The largest absolute Gasteiger partial charge is 0.477 e. The Balaban J connectivity index is 2.11. The van der Waals surface area contributed by atoms with E-state index in [9.17, 15) is 14.7 Å². The summed E-state index contributed by atoms with van der Waals surface area (Å²) in [6.07, 6.45) is 1.81. The summed E-state index contributed by atoms with van der Waals surface area (Å²) in [6.45, 7) is 13.7. The molecule has 1 atom stereocenters. The van der Waals surface area contributed by atoms with Crippen molar-refractivity contribution in [2.75, 3.05) is 0 Å². The second kappa shape index (κ2) is 6.54. The Kier molecular flexibility index (Phi) is 4.72. The van der Waals surface area contributed by atoms with E-state index in [4.69, 9.17) is 4.74 Å². The molecular formula is C22H30N2O4. The highest BCUT2D eigenvalue weighted by atomic mass is 16.6. The van der Waals surface area contributed by atoms with Crippen molar-refractivity contribution < 1.29 is 19.4 Å². The number of carboxylic acid groups (broad SMARTS) is 1. The molecule has 0 radical (unpaired) electrons. The van der Waals surface area contributed by atoms with Gasteiger partial charge < -0.3 is 19.8 Å². The number of aromatic carboxylic acids is 1. The van der Waals surface area contributed by atoms with E-state index in [-0.39, 0.29) is 23.0 Å². The second-order valence-electron chi connectivity index (χ2n) is 9.53. The fraction of sp³-hybridized carbons (Fsp3) is 0.545. The van der Waals surface area contributed by atoms with E-state index < -0.39 is 11.6 Å². The zero-order valence-electron chi connectivity index (χ0n) is 17.7. The number of hydrogen-bond donors (Lipinski definition) is 3. The van der Waals surface area contributed by atoms with Crippen LogP contribution in [0.25, 0.3) is 0 Å². The summed E-state index contributed by atoms with van der Waals surface area (Å²) >= 11 is 0. The lowest BCUT2D eigenvalue weighted by molar-refractivity contribution is 0.00622. The number of aryl methyl sites for hydroxylation is 1. The summed E-state index contributed by atoms with van der Waals surface area (Å²) in [5.41, 5.74) is 4.65. The number of nitrogens with one attached hydrogen (secondary N) is 2. The van der Waals surface area contributed by atoms with E-state index in [0.717, 1.165) is 35.4 Å². The van der Waals surface area contributed by atoms with Crippen LogP contribution in [0.2, 0.25) is 0 Å². The number of carbonyl (C=O) groups excluding carboxylic acids is 1. The average Bonchev–Trinajstić information content (AvgIpc) is 3.05. The molecule has 1 unspecified atom stereocenters. The second-order valence-corrected chi connectivity index (χ2v) is 9.53. The predicted molar refractivity (Wildman–Crippen MR) is 107 cm³/mol. The number of hydrogen-bond acceptors (Lipinski definition) is 3. The van der Waals surface area contributed by atoms with Crippen molar-refractivity contribution >= 4 is 11.9 Å². The Labute approximate surface area is 165 Å². The molecule has 0 spiro atoms. The minimum atomic E-state index is -0.963. The van der Waals surface area contributed by atoms with Crippen molar-refractivity contribution in [3.63, 3.8) is 0 Å². The number of rotatable bonds is 3. The molecule has 1 aliphatic carbocycles. The molecule has 0 saturated heterocycles. The van der Waals surface area contributed by atoms with Crippen molar-refractivity contribution in [3.05, 3.63) is 45.5 Å². The molecule has 0 aromatic carbocycles. The first kappa shape index (κ1) is 20.2. The first-order valence-electron chi connectivity index (χ1n) is 9.69. The number of esters is 1. The van der Waals surface area contributed by atoms with E-state index in [1.807, 2.05) is 33.8 Å². The standard InChI is InChI=1S/C22H30N2O4/c1-11-10-14(23-16(11)19(25)26)15-18-13(8-9-22(15,6)7)12(2)17(24-18)20(27)28-21(3,4)5/h10,15,23-24H,8-9H2,1-7H3,(H,25,26). The molecule has 0 saturated carbocycles. The maximum atomic E-state index is 12.7. The van der Waals surface area contributed by atoms with Gasteiger partial charge in [-0.3, -0.25) is 0 Å². The lowest BCUT2D eigenvalue weighted by Gasteiger charge is -2.38. The molecule has 152 valence electrons. The van der Waals surface area contributed by atoms with Gasteiger partial charge in [0, 0.05) is 17.3 Å². The van der Waals surface area contributed by atoms with E-state index in [1.54, 1.807) is 6.92 Å². The van der Waals surface area contributed by atoms with Crippen molar-refractivity contribution in [2.24, 2.45) is 5.41 Å². The summed E-state index contributed by atoms with van der Waals surface area (Å²) < 4.78 is 5.57. The molecule has 3 N–H and O–H groups in total. The average molecular weight is 386 g/mol. The Hall–Kier alpha value is -2.50. The molecule has 2 aromatic rings. The lowest BCUT2D eigenvalue weighted by atomic mass is 9.67. The van der Waals surface area contributed by atoms with Crippen LogP contribution in [0.3, 0.4) is 0 Å². The Morgan fingerprint density at radius 1 is 1.18 bits per heavy atom. The SMILES string of the molecule is Cc1cc(C2c3[nH]c(C(=O)OC(C)(C)C)c(C)c3CCC2(C)C)[nH]c1C(=O)O. The number of aromatic nitrogens is 2. The Bertz CT molecular complexity index is 941. The molecule has 0 amide bonds. The van der Waals surface area contributed by atoms with Gasteiger partial charge in [0.2, 0.25) is 0 Å². The third-order valence-electron chi connectivity index (χ3n) is 5.67. The fourth-order valence-corrected chi connectivity index (χ4v) is 4.28. The highest BCUT2D eigenvalue weighted by Crippen LogP contribution is 2.49. The zero-order valence-corrected chi connectivity index (χ0v) is 17.7. The van der Waals surface area contributed by atoms with E-state index >= 15 is 0 Å². The molecule has 3 rings (SSSR count). The summed E-state index contributed by atoms with van der Waals surface area (Å²) in [7, 11) is 0. The summed E-state index contributed by atoms with van der Waals surface area (Å²) in [5, 5.41) is 9.43. The quantitative estimate of drug-likeness (QED) is 0.665. The topological polar surface area (TPSA) is 95.2 Å². The van der Waals surface area contributed by atoms with Gasteiger partial charge in [0.15, 0.2) is 0 Å². The van der Waals surface area contributed by atoms with Crippen LogP contribution in [-0.2, 0) is 11.2 Å². The molecule has 0 aliphatic heterocycles. The van der Waals surface area contributed by atoms with Crippen LogP contribution >= 0.6 is 0 Å². The lowest BCUT2D eigenvalue weighted by Crippen LogP contribution is -2.29.